The molecule has 1 unspecified atom stereocenters. The second kappa shape index (κ2) is 8.15. The van der Waals surface area contributed by atoms with E-state index in [-0.39, 0.29) is 10.8 Å². The molecular weight excluding hydrogens is 406 g/mol. The van der Waals surface area contributed by atoms with Gasteiger partial charge in [-0.3, -0.25) is 9.00 Å². The molecule has 0 radical (unpaired) electrons. The molecule has 0 spiro atoms. The van der Waals surface area contributed by atoms with E-state index in [0.29, 0.717) is 18.3 Å². The number of hydrogen-bond donors (Lipinski definition) is 2. The smallest absolute Gasteiger partial charge is 0.271 e. The minimum Gasteiger partial charge on any atom is -0.376 e. The summed E-state index contributed by atoms with van der Waals surface area (Å²) in [7, 11) is -0.999. The number of benzene rings is 1. The van der Waals surface area contributed by atoms with Crippen LogP contribution in [0.5, 0.6) is 0 Å². The van der Waals surface area contributed by atoms with Crippen molar-refractivity contribution in [3.63, 3.8) is 0 Å². The number of pyridine rings is 1. The average Bonchev–Trinajstić information content (AvgIpc) is 3.49. The second-order valence-corrected chi connectivity index (χ2v) is 10.7. The fourth-order valence-electron chi connectivity index (χ4n) is 4.22. The zero-order valence-electron chi connectivity index (χ0n) is 19.0. The van der Waals surface area contributed by atoms with Gasteiger partial charge in [0.05, 0.1) is 16.3 Å². The molecule has 0 bridgehead atoms. The van der Waals surface area contributed by atoms with Crippen molar-refractivity contribution in [2.45, 2.75) is 63.6 Å². The van der Waals surface area contributed by atoms with Crippen LogP contribution < -0.4 is 10.9 Å². The summed E-state index contributed by atoms with van der Waals surface area (Å²) in [6.45, 7) is 15.0. The van der Waals surface area contributed by atoms with Gasteiger partial charge in [0.15, 0.2) is 0 Å². The monoisotopic (exact) mass is 437 g/mol. The molecule has 5 nitrogen and oxygen atoms in total. The van der Waals surface area contributed by atoms with Gasteiger partial charge in [-0.15, -0.1) is 0 Å². The lowest BCUT2D eigenvalue weighted by molar-refractivity contribution is 0.621. The summed E-state index contributed by atoms with van der Waals surface area (Å²) >= 11 is 0. The molecule has 31 heavy (non-hydrogen) atoms. The Morgan fingerprint density at radius 1 is 1.23 bits per heavy atom. The maximum atomic E-state index is 13.0. The highest BCUT2D eigenvalue weighted by Crippen LogP contribution is 2.37. The molecule has 2 aromatic heterocycles. The Kier molecular flexibility index (Phi) is 5.69. The van der Waals surface area contributed by atoms with E-state index >= 15 is 0 Å². The van der Waals surface area contributed by atoms with Gasteiger partial charge in [-0.2, -0.15) is 0 Å². The lowest BCUT2D eigenvalue weighted by atomic mass is 10.0. The Morgan fingerprint density at radius 2 is 1.94 bits per heavy atom. The van der Waals surface area contributed by atoms with E-state index in [4.69, 9.17) is 0 Å². The summed E-state index contributed by atoms with van der Waals surface area (Å²) in [6.07, 6.45) is 4.22. The number of nitrogens with zero attached hydrogens (tertiary/aromatic N) is 1. The van der Waals surface area contributed by atoms with Crippen LogP contribution in [0.1, 0.15) is 55.1 Å². The normalized spacial score (nSPS) is 14.9. The van der Waals surface area contributed by atoms with Crippen LogP contribution in [-0.4, -0.2) is 25.6 Å². The predicted octanol–water partition coefficient (Wildman–Crippen LogP) is 5.23. The van der Waals surface area contributed by atoms with E-state index in [9.17, 15) is 9.00 Å². The predicted molar refractivity (Wildman–Crippen MR) is 131 cm³/mol. The standard InChI is InChI=1S/C25H31N3O2S/c1-14(2)28-13-17(5)23-21(10-20(11-22(23)28)31(30)19-7-8-19)16(4)12-26-24-15(3)9-18(6)27-25(24)29/h9-11,13-14,19,26H,4,7-8,12H2,1-3,5-6H3,(H,27,29). The lowest BCUT2D eigenvalue weighted by Gasteiger charge is -2.16. The van der Waals surface area contributed by atoms with E-state index < -0.39 is 10.8 Å². The van der Waals surface area contributed by atoms with E-state index in [1.165, 1.54) is 5.56 Å². The van der Waals surface area contributed by atoms with Crippen molar-refractivity contribution in [1.82, 2.24) is 9.55 Å². The number of anilines is 1. The lowest BCUT2D eigenvalue weighted by Crippen LogP contribution is -2.18. The van der Waals surface area contributed by atoms with Crippen LogP contribution >= 0.6 is 0 Å². The number of aryl methyl sites for hydroxylation is 3. The molecule has 1 aliphatic rings. The molecule has 4 rings (SSSR count). The van der Waals surface area contributed by atoms with Gasteiger partial charge in [0.1, 0.15) is 5.69 Å². The first-order valence-corrected chi connectivity index (χ1v) is 12.1. The highest BCUT2D eigenvalue weighted by molar-refractivity contribution is 7.86. The first kappa shape index (κ1) is 21.6. The highest BCUT2D eigenvalue weighted by atomic mass is 32.2. The molecule has 0 amide bonds. The van der Waals surface area contributed by atoms with Crippen LogP contribution in [0.25, 0.3) is 16.5 Å². The Bertz CT molecular complexity index is 1260. The maximum Gasteiger partial charge on any atom is 0.271 e. The van der Waals surface area contributed by atoms with Gasteiger partial charge < -0.3 is 14.9 Å². The molecule has 0 aliphatic heterocycles. The van der Waals surface area contributed by atoms with Crippen molar-refractivity contribution in [2.75, 3.05) is 11.9 Å². The third-order valence-electron chi connectivity index (χ3n) is 5.94. The van der Waals surface area contributed by atoms with Gasteiger partial charge in [-0.1, -0.05) is 6.58 Å². The maximum absolute atomic E-state index is 13.0. The van der Waals surface area contributed by atoms with Crippen molar-refractivity contribution in [1.29, 1.82) is 0 Å². The van der Waals surface area contributed by atoms with Crippen LogP contribution in [-0.2, 0) is 10.8 Å². The van der Waals surface area contributed by atoms with Crippen LogP contribution in [0.2, 0.25) is 0 Å². The topological polar surface area (TPSA) is 66.9 Å². The van der Waals surface area contributed by atoms with Gasteiger partial charge in [0, 0.05) is 40.0 Å². The fraction of sp³-hybridized carbons (Fsp3) is 0.400. The summed E-state index contributed by atoms with van der Waals surface area (Å²) in [5.41, 5.74) is 6.35. The molecule has 1 atom stereocenters. The van der Waals surface area contributed by atoms with Gasteiger partial charge in [0.25, 0.3) is 5.56 Å². The summed E-state index contributed by atoms with van der Waals surface area (Å²) in [5.74, 6) is 0. The third-order valence-corrected chi connectivity index (χ3v) is 7.71. The molecule has 1 fully saturated rings. The van der Waals surface area contributed by atoms with Crippen LogP contribution in [0, 0.1) is 20.8 Å². The van der Waals surface area contributed by atoms with Gasteiger partial charge in [-0.25, -0.2) is 0 Å². The van der Waals surface area contributed by atoms with Crippen molar-refractivity contribution < 1.29 is 4.21 Å². The highest BCUT2D eigenvalue weighted by Gasteiger charge is 2.30. The molecule has 1 saturated carbocycles. The molecule has 6 heteroatoms. The van der Waals surface area contributed by atoms with Crippen molar-refractivity contribution in [2.24, 2.45) is 0 Å². The molecule has 0 saturated heterocycles. The van der Waals surface area contributed by atoms with E-state index in [0.717, 1.165) is 51.0 Å². The van der Waals surface area contributed by atoms with Crippen molar-refractivity contribution in [3.8, 4) is 0 Å². The fourth-order valence-corrected chi connectivity index (χ4v) is 5.63. The molecular formula is C25H31N3O2S. The number of rotatable bonds is 7. The van der Waals surface area contributed by atoms with Crippen molar-refractivity contribution >= 4 is 33.0 Å². The van der Waals surface area contributed by atoms with Gasteiger partial charge in [-0.05, 0) is 87.9 Å². The van der Waals surface area contributed by atoms with Crippen molar-refractivity contribution in [3.05, 3.63) is 63.7 Å². The SMILES string of the molecule is C=C(CNc1c(C)cc(C)[nH]c1=O)c1cc(S(=O)C2CC2)cc2c1c(C)cn2C(C)C. The van der Waals surface area contributed by atoms with E-state index in [1.807, 2.05) is 26.0 Å². The number of hydrogen-bond acceptors (Lipinski definition) is 3. The zero-order chi connectivity index (χ0) is 22.4. The molecule has 164 valence electrons. The summed E-state index contributed by atoms with van der Waals surface area (Å²) < 4.78 is 15.3. The molecule has 1 aliphatic carbocycles. The number of fused-ring (bicyclic) bond motifs is 1. The van der Waals surface area contributed by atoms with E-state index in [2.05, 4.69) is 54.5 Å². The Balaban J connectivity index is 1.75. The first-order valence-electron chi connectivity index (χ1n) is 10.9. The van der Waals surface area contributed by atoms with Crippen LogP contribution in [0.3, 0.4) is 0 Å². The quantitative estimate of drug-likeness (QED) is 0.532. The molecule has 3 aromatic rings. The molecule has 2 heterocycles. The minimum absolute atomic E-state index is 0.124. The minimum atomic E-state index is -0.999. The number of nitrogens with one attached hydrogen (secondary N) is 2. The van der Waals surface area contributed by atoms with E-state index in [1.54, 1.807) is 0 Å². The van der Waals surface area contributed by atoms with Crippen LogP contribution in [0.4, 0.5) is 5.69 Å². The number of aromatic nitrogens is 2. The number of H-pyrrole nitrogens is 1. The zero-order valence-corrected chi connectivity index (χ0v) is 19.8. The average molecular weight is 438 g/mol. The number of aromatic amines is 1. The van der Waals surface area contributed by atoms with Crippen LogP contribution in [0.15, 0.2) is 40.7 Å². The Morgan fingerprint density at radius 3 is 2.55 bits per heavy atom. The molecule has 1 aromatic carbocycles. The summed E-state index contributed by atoms with van der Waals surface area (Å²) in [6, 6.07) is 6.39. The second-order valence-electron chi connectivity index (χ2n) is 8.97. The summed E-state index contributed by atoms with van der Waals surface area (Å²) in [4.78, 5) is 16.1. The Labute approximate surface area is 186 Å². The van der Waals surface area contributed by atoms with Gasteiger partial charge in [0.2, 0.25) is 0 Å². The summed E-state index contributed by atoms with van der Waals surface area (Å²) in [5, 5.41) is 4.70. The largest absolute Gasteiger partial charge is 0.376 e. The molecule has 2 N–H and O–H groups in total. The Hall–Kier alpha value is -2.60. The first-order chi connectivity index (χ1) is 14.7. The van der Waals surface area contributed by atoms with Gasteiger partial charge >= 0.3 is 0 Å². The third kappa shape index (κ3) is 4.13.